The van der Waals surface area contributed by atoms with Crippen LogP contribution < -0.4 is 11.3 Å². The molecule has 18 heavy (non-hydrogen) atoms. The van der Waals surface area contributed by atoms with Crippen LogP contribution in [0.25, 0.3) is 11.1 Å². The molecule has 3 N–H and O–H groups in total. The average molecular weight is 260 g/mol. The Morgan fingerprint density at radius 1 is 1.39 bits per heavy atom. The van der Waals surface area contributed by atoms with Gasteiger partial charge in [-0.25, -0.2) is 9.97 Å². The van der Waals surface area contributed by atoms with E-state index < -0.39 is 0 Å². The smallest absolute Gasteiger partial charge is 0.280 e. The van der Waals surface area contributed by atoms with Crippen LogP contribution >= 0.6 is 11.8 Å². The number of H-pyrrole nitrogens is 1. The van der Waals surface area contributed by atoms with Crippen molar-refractivity contribution in [2.24, 2.45) is 0 Å². The molecule has 0 amide bonds. The monoisotopic (exact) mass is 260 g/mol. The molecule has 0 aliphatic carbocycles. The summed E-state index contributed by atoms with van der Waals surface area (Å²) in [7, 11) is 0. The molecule has 0 fully saturated rings. The van der Waals surface area contributed by atoms with Gasteiger partial charge in [0.05, 0.1) is 0 Å². The summed E-state index contributed by atoms with van der Waals surface area (Å²) in [5, 5.41) is 0.650. The molecule has 0 bridgehead atoms. The molecule has 2 aromatic heterocycles. The number of hydrogen-bond acceptors (Lipinski definition) is 6. The van der Waals surface area contributed by atoms with E-state index in [1.165, 1.54) is 12.4 Å². The van der Waals surface area contributed by atoms with Gasteiger partial charge in [-0.15, -0.1) is 0 Å². The molecule has 0 radical (unpaired) electrons. The van der Waals surface area contributed by atoms with E-state index in [0.717, 1.165) is 11.8 Å². The average Bonchev–Trinajstić information content (AvgIpc) is 2.73. The molecule has 0 saturated carbocycles. The third-order valence-electron chi connectivity index (χ3n) is 2.25. The van der Waals surface area contributed by atoms with Crippen molar-refractivity contribution in [3.63, 3.8) is 0 Å². The maximum absolute atomic E-state index is 11.5. The van der Waals surface area contributed by atoms with E-state index in [4.69, 9.17) is 10.2 Å². The number of oxazole rings is 1. The molecule has 7 heteroatoms. The van der Waals surface area contributed by atoms with Crippen LogP contribution in [0.3, 0.4) is 0 Å². The Balaban J connectivity index is 2.01. The number of nitrogen functional groups attached to an aromatic ring is 1. The van der Waals surface area contributed by atoms with E-state index in [0.29, 0.717) is 22.0 Å². The molecular weight excluding hydrogens is 252 g/mol. The minimum atomic E-state index is -0.274. The summed E-state index contributed by atoms with van der Waals surface area (Å²) in [4.78, 5) is 22.2. The van der Waals surface area contributed by atoms with E-state index in [-0.39, 0.29) is 10.6 Å². The first-order chi connectivity index (χ1) is 8.72. The largest absolute Gasteiger partial charge is 0.431 e. The lowest BCUT2D eigenvalue weighted by atomic mass is 10.3. The van der Waals surface area contributed by atoms with Crippen molar-refractivity contribution in [2.45, 2.75) is 10.2 Å². The molecule has 3 aromatic rings. The predicted molar refractivity (Wildman–Crippen MR) is 67.4 cm³/mol. The molecule has 0 spiro atoms. The fraction of sp³-hybridized carbons (Fsp3) is 0. The van der Waals surface area contributed by atoms with E-state index in [1.807, 2.05) is 0 Å². The molecule has 0 saturated heterocycles. The Hall–Kier alpha value is -2.28. The quantitative estimate of drug-likeness (QED) is 0.680. The second-order valence-corrected chi connectivity index (χ2v) is 4.47. The maximum atomic E-state index is 11.5. The molecule has 3 rings (SSSR count). The third kappa shape index (κ3) is 1.95. The highest BCUT2D eigenvalue weighted by Gasteiger charge is 2.10. The summed E-state index contributed by atoms with van der Waals surface area (Å²) in [5.74, 6) is 0. The van der Waals surface area contributed by atoms with Gasteiger partial charge in [-0.2, -0.15) is 0 Å². The van der Waals surface area contributed by atoms with Crippen molar-refractivity contribution >= 4 is 28.5 Å². The van der Waals surface area contributed by atoms with Crippen LogP contribution in [-0.4, -0.2) is 15.0 Å². The van der Waals surface area contributed by atoms with Gasteiger partial charge in [0.25, 0.3) is 10.8 Å². The second kappa shape index (κ2) is 4.19. The number of nitrogens with zero attached hydrogens (tertiary/aromatic N) is 2. The van der Waals surface area contributed by atoms with Crippen LogP contribution in [0.5, 0.6) is 0 Å². The lowest BCUT2D eigenvalue weighted by molar-refractivity contribution is 0.489. The summed E-state index contributed by atoms with van der Waals surface area (Å²) in [6.07, 6.45) is 2.98. The first kappa shape index (κ1) is 10.8. The van der Waals surface area contributed by atoms with Crippen molar-refractivity contribution in [1.82, 2.24) is 15.0 Å². The maximum Gasteiger partial charge on any atom is 0.280 e. The van der Waals surface area contributed by atoms with Gasteiger partial charge in [0, 0.05) is 18.1 Å². The summed E-state index contributed by atoms with van der Waals surface area (Å²) in [6.45, 7) is 0. The minimum Gasteiger partial charge on any atom is -0.431 e. The SMILES string of the molecule is Nc1ccc2oc(Sc3ncc[nH]c3=O)nc2c1. The minimum absolute atomic E-state index is 0.274. The van der Waals surface area contributed by atoms with Crippen molar-refractivity contribution in [3.05, 3.63) is 40.9 Å². The van der Waals surface area contributed by atoms with Crippen LogP contribution in [0.4, 0.5) is 5.69 Å². The summed E-state index contributed by atoms with van der Waals surface area (Å²) in [6, 6.07) is 5.19. The summed E-state index contributed by atoms with van der Waals surface area (Å²) < 4.78 is 5.49. The molecule has 1 aromatic carbocycles. The zero-order valence-electron chi connectivity index (χ0n) is 9.08. The number of fused-ring (bicyclic) bond motifs is 1. The third-order valence-corrected chi connectivity index (χ3v) is 3.08. The number of aromatic amines is 1. The second-order valence-electron chi connectivity index (χ2n) is 3.53. The Kier molecular flexibility index (Phi) is 2.52. The Bertz CT molecular complexity index is 765. The van der Waals surface area contributed by atoms with Crippen LogP contribution in [0.2, 0.25) is 0 Å². The molecular formula is C11H8N4O2S. The Labute approximate surface area is 105 Å². The van der Waals surface area contributed by atoms with Gasteiger partial charge < -0.3 is 15.1 Å². The molecule has 90 valence electrons. The van der Waals surface area contributed by atoms with Crippen LogP contribution in [0, 0.1) is 0 Å². The lowest BCUT2D eigenvalue weighted by Crippen LogP contribution is -2.08. The van der Waals surface area contributed by atoms with E-state index in [2.05, 4.69) is 15.0 Å². The molecule has 0 aliphatic rings. The van der Waals surface area contributed by atoms with E-state index in [1.54, 1.807) is 18.2 Å². The van der Waals surface area contributed by atoms with Crippen LogP contribution in [0.1, 0.15) is 0 Å². The Morgan fingerprint density at radius 2 is 2.28 bits per heavy atom. The van der Waals surface area contributed by atoms with E-state index >= 15 is 0 Å². The number of rotatable bonds is 2. The highest BCUT2D eigenvalue weighted by molar-refractivity contribution is 7.99. The molecule has 0 aliphatic heterocycles. The van der Waals surface area contributed by atoms with Gasteiger partial charge >= 0.3 is 0 Å². The van der Waals surface area contributed by atoms with Gasteiger partial charge in [0.1, 0.15) is 5.52 Å². The topological polar surface area (TPSA) is 97.8 Å². The lowest BCUT2D eigenvalue weighted by Gasteiger charge is -1.92. The number of hydrogen-bond donors (Lipinski definition) is 2. The highest BCUT2D eigenvalue weighted by Crippen LogP contribution is 2.27. The normalized spacial score (nSPS) is 10.9. The van der Waals surface area contributed by atoms with Gasteiger partial charge in [0.15, 0.2) is 10.6 Å². The number of nitrogens with one attached hydrogen (secondary N) is 1. The van der Waals surface area contributed by atoms with Crippen molar-refractivity contribution in [3.8, 4) is 0 Å². The number of anilines is 1. The predicted octanol–water partition coefficient (Wildman–Crippen LogP) is 1.64. The standard InChI is InChI=1S/C11H8N4O2S/c12-6-1-2-8-7(5-6)15-11(17-8)18-10-9(16)13-3-4-14-10/h1-5H,12H2,(H,13,16). The molecule has 6 nitrogen and oxygen atoms in total. The molecule has 2 heterocycles. The number of nitrogens with two attached hydrogens (primary N) is 1. The summed E-state index contributed by atoms with van der Waals surface area (Å²) in [5.41, 5.74) is 7.28. The van der Waals surface area contributed by atoms with Crippen molar-refractivity contribution in [1.29, 1.82) is 0 Å². The van der Waals surface area contributed by atoms with E-state index in [9.17, 15) is 4.79 Å². The van der Waals surface area contributed by atoms with Gasteiger partial charge in [-0.1, -0.05) is 0 Å². The zero-order chi connectivity index (χ0) is 12.5. The summed E-state index contributed by atoms with van der Waals surface area (Å²) >= 11 is 1.07. The fourth-order valence-electron chi connectivity index (χ4n) is 1.46. The first-order valence-corrected chi connectivity index (χ1v) is 5.91. The van der Waals surface area contributed by atoms with Gasteiger partial charge in [-0.3, -0.25) is 4.79 Å². The molecule has 0 atom stereocenters. The fourth-order valence-corrected chi connectivity index (χ4v) is 2.17. The van der Waals surface area contributed by atoms with Gasteiger partial charge in [0.2, 0.25) is 0 Å². The van der Waals surface area contributed by atoms with Crippen molar-refractivity contribution < 1.29 is 4.42 Å². The van der Waals surface area contributed by atoms with Crippen LogP contribution in [-0.2, 0) is 0 Å². The number of aromatic nitrogens is 3. The van der Waals surface area contributed by atoms with Crippen LogP contribution in [0.15, 0.2) is 50.1 Å². The Morgan fingerprint density at radius 3 is 3.11 bits per heavy atom. The zero-order valence-corrected chi connectivity index (χ0v) is 9.90. The van der Waals surface area contributed by atoms with Gasteiger partial charge in [-0.05, 0) is 30.0 Å². The molecule has 0 unspecified atom stereocenters. The van der Waals surface area contributed by atoms with Crippen molar-refractivity contribution in [2.75, 3.05) is 5.73 Å². The highest BCUT2D eigenvalue weighted by atomic mass is 32.2. The number of benzene rings is 1. The first-order valence-electron chi connectivity index (χ1n) is 5.10.